The van der Waals surface area contributed by atoms with Gasteiger partial charge >= 0.3 is 0 Å². The highest BCUT2D eigenvalue weighted by molar-refractivity contribution is 7.99. The summed E-state index contributed by atoms with van der Waals surface area (Å²) in [5.41, 5.74) is 0.807. The molecule has 1 spiro atoms. The highest BCUT2D eigenvalue weighted by atomic mass is 32.2. The molecule has 1 N–H and O–H groups in total. The van der Waals surface area contributed by atoms with Gasteiger partial charge in [0.05, 0.1) is 0 Å². The standard InChI is InChI=1S/C15H27NS/c1-2-7-15(6-1)8-3-14(4-9-15)16-11-13-5-10-17-12-13/h13-14,16H,1-12H2. The SMILES string of the molecule is C1CCC2(C1)CCC(NCC1CCSC1)CC2. The van der Waals surface area contributed by atoms with E-state index < -0.39 is 0 Å². The summed E-state index contributed by atoms with van der Waals surface area (Å²) in [6.07, 6.45) is 13.5. The Hall–Kier alpha value is 0.310. The first-order chi connectivity index (χ1) is 8.36. The molecule has 2 saturated carbocycles. The van der Waals surface area contributed by atoms with E-state index in [1.807, 2.05) is 0 Å². The van der Waals surface area contributed by atoms with Crippen LogP contribution in [0.15, 0.2) is 0 Å². The van der Waals surface area contributed by atoms with E-state index in [0.717, 1.165) is 17.4 Å². The predicted octanol–water partition coefficient (Wildman–Crippen LogP) is 3.83. The summed E-state index contributed by atoms with van der Waals surface area (Å²) in [5, 5.41) is 3.86. The molecule has 0 amide bonds. The molecule has 1 nitrogen and oxygen atoms in total. The van der Waals surface area contributed by atoms with Crippen LogP contribution in [0.2, 0.25) is 0 Å². The van der Waals surface area contributed by atoms with Crippen LogP contribution in [0.25, 0.3) is 0 Å². The largest absolute Gasteiger partial charge is 0.314 e. The van der Waals surface area contributed by atoms with E-state index in [9.17, 15) is 0 Å². The van der Waals surface area contributed by atoms with Crippen LogP contribution < -0.4 is 5.32 Å². The first kappa shape index (κ1) is 12.3. The van der Waals surface area contributed by atoms with Crippen molar-refractivity contribution in [3.63, 3.8) is 0 Å². The minimum atomic E-state index is 0.807. The lowest BCUT2D eigenvalue weighted by atomic mass is 9.71. The molecule has 98 valence electrons. The average Bonchev–Trinajstić information content (AvgIpc) is 3.01. The van der Waals surface area contributed by atoms with Crippen molar-refractivity contribution in [1.29, 1.82) is 0 Å². The summed E-state index contributed by atoms with van der Waals surface area (Å²) in [7, 11) is 0. The second-order valence-electron chi connectivity index (χ2n) is 6.62. The number of nitrogens with one attached hydrogen (secondary N) is 1. The van der Waals surface area contributed by atoms with Crippen LogP contribution in [0, 0.1) is 11.3 Å². The fraction of sp³-hybridized carbons (Fsp3) is 1.00. The van der Waals surface area contributed by atoms with E-state index in [1.165, 1.54) is 63.0 Å². The van der Waals surface area contributed by atoms with Crippen molar-refractivity contribution >= 4 is 11.8 Å². The van der Waals surface area contributed by atoms with E-state index in [1.54, 1.807) is 12.8 Å². The van der Waals surface area contributed by atoms with Gasteiger partial charge in [0, 0.05) is 6.04 Å². The summed E-state index contributed by atoms with van der Waals surface area (Å²) in [6.45, 7) is 1.30. The van der Waals surface area contributed by atoms with Crippen LogP contribution >= 0.6 is 11.8 Å². The molecule has 2 aliphatic carbocycles. The van der Waals surface area contributed by atoms with Gasteiger partial charge in [-0.3, -0.25) is 0 Å². The number of rotatable bonds is 3. The zero-order valence-corrected chi connectivity index (χ0v) is 11.9. The Labute approximate surface area is 111 Å². The minimum absolute atomic E-state index is 0.807. The first-order valence-electron chi connectivity index (χ1n) is 7.68. The maximum absolute atomic E-state index is 3.86. The maximum Gasteiger partial charge on any atom is 0.00675 e. The van der Waals surface area contributed by atoms with Crippen LogP contribution in [-0.4, -0.2) is 24.1 Å². The monoisotopic (exact) mass is 253 g/mol. The molecule has 3 aliphatic rings. The van der Waals surface area contributed by atoms with Crippen LogP contribution in [-0.2, 0) is 0 Å². The minimum Gasteiger partial charge on any atom is -0.314 e. The maximum atomic E-state index is 3.86. The Morgan fingerprint density at radius 2 is 1.76 bits per heavy atom. The third kappa shape index (κ3) is 3.01. The number of hydrogen-bond acceptors (Lipinski definition) is 2. The molecule has 0 aromatic heterocycles. The Kier molecular flexibility index (Phi) is 4.01. The van der Waals surface area contributed by atoms with Gasteiger partial charge in [-0.1, -0.05) is 12.8 Å². The molecule has 1 unspecified atom stereocenters. The molecule has 2 heteroatoms. The fourth-order valence-corrected chi connectivity index (χ4v) is 5.42. The second-order valence-corrected chi connectivity index (χ2v) is 7.77. The summed E-state index contributed by atoms with van der Waals surface area (Å²) >= 11 is 2.14. The lowest BCUT2D eigenvalue weighted by Gasteiger charge is -2.38. The van der Waals surface area contributed by atoms with Gasteiger partial charge in [0.2, 0.25) is 0 Å². The Bertz CT molecular complexity index is 229. The third-order valence-corrected chi connectivity index (χ3v) is 6.66. The van der Waals surface area contributed by atoms with Gasteiger partial charge in [-0.25, -0.2) is 0 Å². The lowest BCUT2D eigenvalue weighted by Crippen LogP contribution is -2.39. The highest BCUT2D eigenvalue weighted by Gasteiger charge is 2.37. The van der Waals surface area contributed by atoms with Gasteiger partial charge < -0.3 is 5.32 Å². The molecule has 0 bridgehead atoms. The van der Waals surface area contributed by atoms with Gasteiger partial charge in [0.1, 0.15) is 0 Å². The van der Waals surface area contributed by atoms with Crippen molar-refractivity contribution in [2.75, 3.05) is 18.1 Å². The summed E-state index contributed by atoms with van der Waals surface area (Å²) in [6, 6.07) is 0.854. The van der Waals surface area contributed by atoms with E-state index in [0.29, 0.717) is 0 Å². The van der Waals surface area contributed by atoms with Crippen LogP contribution in [0.5, 0.6) is 0 Å². The van der Waals surface area contributed by atoms with Crippen LogP contribution in [0.1, 0.15) is 57.8 Å². The third-order valence-electron chi connectivity index (χ3n) is 5.43. The molecule has 1 saturated heterocycles. The summed E-state index contributed by atoms with van der Waals surface area (Å²) < 4.78 is 0. The molecule has 1 atom stereocenters. The summed E-state index contributed by atoms with van der Waals surface area (Å²) in [4.78, 5) is 0. The average molecular weight is 253 g/mol. The van der Waals surface area contributed by atoms with E-state index in [2.05, 4.69) is 17.1 Å². The van der Waals surface area contributed by atoms with E-state index in [4.69, 9.17) is 0 Å². The lowest BCUT2D eigenvalue weighted by molar-refractivity contribution is 0.167. The van der Waals surface area contributed by atoms with Gasteiger partial charge in [0.15, 0.2) is 0 Å². The van der Waals surface area contributed by atoms with Gasteiger partial charge in [-0.2, -0.15) is 11.8 Å². The van der Waals surface area contributed by atoms with Gasteiger partial charge in [-0.05, 0) is 74.3 Å². The Morgan fingerprint density at radius 1 is 1.00 bits per heavy atom. The molecule has 0 aromatic carbocycles. The van der Waals surface area contributed by atoms with Crippen molar-refractivity contribution in [1.82, 2.24) is 5.32 Å². The first-order valence-corrected chi connectivity index (χ1v) is 8.83. The van der Waals surface area contributed by atoms with E-state index in [-0.39, 0.29) is 0 Å². The Morgan fingerprint density at radius 3 is 2.41 bits per heavy atom. The van der Waals surface area contributed by atoms with Crippen molar-refractivity contribution in [2.24, 2.45) is 11.3 Å². The normalized spacial score (nSPS) is 33.5. The van der Waals surface area contributed by atoms with E-state index >= 15 is 0 Å². The molecule has 1 aliphatic heterocycles. The molecule has 0 aromatic rings. The quantitative estimate of drug-likeness (QED) is 0.820. The zero-order chi connectivity index (χ0) is 11.6. The number of hydrogen-bond donors (Lipinski definition) is 1. The molecule has 3 fully saturated rings. The second kappa shape index (κ2) is 5.52. The summed E-state index contributed by atoms with van der Waals surface area (Å²) in [5.74, 6) is 3.78. The highest BCUT2D eigenvalue weighted by Crippen LogP contribution is 2.48. The van der Waals surface area contributed by atoms with Crippen molar-refractivity contribution in [3.05, 3.63) is 0 Å². The molecular formula is C15H27NS. The molecule has 17 heavy (non-hydrogen) atoms. The zero-order valence-electron chi connectivity index (χ0n) is 11.0. The predicted molar refractivity (Wildman–Crippen MR) is 76.6 cm³/mol. The fourth-order valence-electron chi connectivity index (χ4n) is 4.14. The van der Waals surface area contributed by atoms with Gasteiger partial charge in [-0.15, -0.1) is 0 Å². The number of thioether (sulfide) groups is 1. The molecule has 0 radical (unpaired) electrons. The van der Waals surface area contributed by atoms with Crippen molar-refractivity contribution < 1.29 is 0 Å². The molecule has 3 rings (SSSR count). The van der Waals surface area contributed by atoms with Crippen molar-refractivity contribution in [3.8, 4) is 0 Å². The molecular weight excluding hydrogens is 226 g/mol. The Balaban J connectivity index is 1.39. The van der Waals surface area contributed by atoms with Gasteiger partial charge in [0.25, 0.3) is 0 Å². The van der Waals surface area contributed by atoms with Crippen LogP contribution in [0.4, 0.5) is 0 Å². The molecule has 1 heterocycles. The smallest absolute Gasteiger partial charge is 0.00675 e. The topological polar surface area (TPSA) is 12.0 Å². The van der Waals surface area contributed by atoms with Crippen LogP contribution in [0.3, 0.4) is 0 Å². The van der Waals surface area contributed by atoms with Crippen molar-refractivity contribution in [2.45, 2.75) is 63.8 Å².